The summed E-state index contributed by atoms with van der Waals surface area (Å²) in [6.45, 7) is 7.07. The topological polar surface area (TPSA) is 66.7 Å². The lowest BCUT2D eigenvalue weighted by Crippen LogP contribution is -2.52. The average Bonchev–Trinajstić information content (AvgIpc) is 2.59. The van der Waals surface area contributed by atoms with Crippen molar-refractivity contribution in [2.24, 2.45) is 5.41 Å². The maximum Gasteiger partial charge on any atom is 0.416 e. The zero-order chi connectivity index (χ0) is 19.7. The van der Waals surface area contributed by atoms with Crippen molar-refractivity contribution in [2.75, 3.05) is 31.1 Å². The molecule has 0 radical (unpaired) electrons. The first-order valence-corrected chi connectivity index (χ1v) is 8.37. The minimum atomic E-state index is -4.64. The van der Waals surface area contributed by atoms with E-state index in [1.165, 1.54) is 0 Å². The van der Waals surface area contributed by atoms with Gasteiger partial charge >= 0.3 is 6.18 Å². The molecule has 1 aliphatic rings. The molecule has 1 fully saturated rings. The Kier molecular flexibility index (Phi) is 5.48. The fourth-order valence-corrected chi connectivity index (χ4v) is 2.84. The van der Waals surface area contributed by atoms with Crippen molar-refractivity contribution in [3.8, 4) is 0 Å². The molecule has 0 aliphatic carbocycles. The average molecular weight is 373 g/mol. The van der Waals surface area contributed by atoms with Crippen LogP contribution < -0.4 is 4.90 Å². The predicted molar refractivity (Wildman–Crippen MR) is 91.0 cm³/mol. The van der Waals surface area contributed by atoms with Gasteiger partial charge in [-0.1, -0.05) is 20.8 Å². The quantitative estimate of drug-likeness (QED) is 0.596. The fraction of sp³-hybridized carbons (Fsp3) is 0.588. The molecule has 0 unspecified atom stereocenters. The van der Waals surface area contributed by atoms with E-state index in [0.717, 1.165) is 12.1 Å². The molecule has 0 saturated carbocycles. The number of benzene rings is 1. The van der Waals surface area contributed by atoms with Crippen LogP contribution in [0.1, 0.15) is 32.8 Å². The Labute approximate surface area is 149 Å². The Balaban J connectivity index is 2.19. The number of nitro benzene ring substituents is 1. The van der Waals surface area contributed by atoms with Gasteiger partial charge in [0.25, 0.3) is 5.69 Å². The van der Waals surface area contributed by atoms with Gasteiger partial charge in [-0.3, -0.25) is 14.9 Å². The van der Waals surface area contributed by atoms with Crippen LogP contribution >= 0.6 is 0 Å². The predicted octanol–water partition coefficient (Wildman–Crippen LogP) is 3.70. The number of hydrogen-bond donors (Lipinski definition) is 0. The lowest BCUT2D eigenvalue weighted by molar-refractivity contribution is -0.384. The molecule has 0 spiro atoms. The molecule has 1 aromatic carbocycles. The zero-order valence-electron chi connectivity index (χ0n) is 15.0. The molecule has 9 heteroatoms. The molecule has 0 N–H and O–H groups in total. The highest BCUT2D eigenvalue weighted by atomic mass is 19.4. The third-order valence-electron chi connectivity index (χ3n) is 4.87. The highest BCUT2D eigenvalue weighted by Gasteiger charge is 2.36. The second-order valence-electron chi connectivity index (χ2n) is 6.98. The fourth-order valence-electron chi connectivity index (χ4n) is 2.84. The summed E-state index contributed by atoms with van der Waals surface area (Å²) in [5.74, 6) is 0.0153. The normalized spacial score (nSPS) is 15.9. The second-order valence-corrected chi connectivity index (χ2v) is 6.98. The van der Waals surface area contributed by atoms with E-state index in [1.54, 1.807) is 9.80 Å². The monoisotopic (exact) mass is 373 g/mol. The van der Waals surface area contributed by atoms with Crippen LogP contribution in [0.3, 0.4) is 0 Å². The molecule has 2 rings (SSSR count). The van der Waals surface area contributed by atoms with E-state index in [0.29, 0.717) is 38.7 Å². The van der Waals surface area contributed by atoms with Crippen molar-refractivity contribution in [1.29, 1.82) is 0 Å². The third kappa shape index (κ3) is 4.08. The SMILES string of the molecule is CCC(C)(C)C(=O)N1CCN(c2ccc(C(F)(F)F)cc2[N+](=O)[O-])CC1. The van der Waals surface area contributed by atoms with Gasteiger partial charge in [-0.2, -0.15) is 13.2 Å². The minimum Gasteiger partial charge on any atom is -0.362 e. The van der Waals surface area contributed by atoms with Crippen LogP contribution in [-0.4, -0.2) is 41.9 Å². The van der Waals surface area contributed by atoms with Crippen molar-refractivity contribution >= 4 is 17.3 Å². The number of piperazine rings is 1. The number of amides is 1. The standard InChI is InChI=1S/C17H22F3N3O3/c1-4-16(2,3)15(24)22-9-7-21(8-10-22)13-6-5-12(17(18,19)20)11-14(13)23(25)26/h5-6,11H,4,7-10H2,1-3H3. The molecule has 1 aliphatic heterocycles. The summed E-state index contributed by atoms with van der Waals surface area (Å²) in [6.07, 6.45) is -3.95. The molecule has 6 nitrogen and oxygen atoms in total. The van der Waals surface area contributed by atoms with Gasteiger partial charge in [0.1, 0.15) is 5.69 Å². The lowest BCUT2D eigenvalue weighted by Gasteiger charge is -2.39. The van der Waals surface area contributed by atoms with Gasteiger partial charge in [-0.15, -0.1) is 0 Å². The Hall–Kier alpha value is -2.32. The summed E-state index contributed by atoms with van der Waals surface area (Å²) in [5, 5.41) is 11.2. The third-order valence-corrected chi connectivity index (χ3v) is 4.87. The molecule has 26 heavy (non-hydrogen) atoms. The first kappa shape index (κ1) is 20.0. The molecule has 1 heterocycles. The molecule has 0 aromatic heterocycles. The van der Waals surface area contributed by atoms with Gasteiger partial charge in [-0.25, -0.2) is 0 Å². The lowest BCUT2D eigenvalue weighted by atomic mass is 9.88. The Bertz CT molecular complexity index is 696. The van der Waals surface area contributed by atoms with E-state index in [2.05, 4.69) is 0 Å². The van der Waals surface area contributed by atoms with Crippen molar-refractivity contribution in [1.82, 2.24) is 4.90 Å². The van der Waals surface area contributed by atoms with Gasteiger partial charge in [0, 0.05) is 37.7 Å². The molecule has 1 saturated heterocycles. The number of rotatable bonds is 4. The van der Waals surface area contributed by atoms with E-state index >= 15 is 0 Å². The Morgan fingerprint density at radius 1 is 1.19 bits per heavy atom. The number of hydrogen-bond acceptors (Lipinski definition) is 4. The Morgan fingerprint density at radius 3 is 2.23 bits per heavy atom. The van der Waals surface area contributed by atoms with Crippen molar-refractivity contribution in [2.45, 2.75) is 33.4 Å². The van der Waals surface area contributed by atoms with Gasteiger partial charge in [-0.05, 0) is 18.6 Å². The van der Waals surface area contributed by atoms with E-state index in [9.17, 15) is 28.1 Å². The first-order chi connectivity index (χ1) is 12.0. The number of nitrogens with zero attached hydrogens (tertiary/aromatic N) is 3. The summed E-state index contributed by atoms with van der Waals surface area (Å²) in [4.78, 5) is 26.3. The molecular weight excluding hydrogens is 351 g/mol. The summed E-state index contributed by atoms with van der Waals surface area (Å²) >= 11 is 0. The molecule has 0 atom stereocenters. The first-order valence-electron chi connectivity index (χ1n) is 8.37. The number of halogens is 3. The van der Waals surface area contributed by atoms with Gasteiger partial charge in [0.05, 0.1) is 10.5 Å². The molecule has 1 aromatic rings. The smallest absolute Gasteiger partial charge is 0.362 e. The van der Waals surface area contributed by atoms with E-state index in [1.807, 2.05) is 20.8 Å². The molecular formula is C17H22F3N3O3. The van der Waals surface area contributed by atoms with Crippen LogP contribution in [0.4, 0.5) is 24.5 Å². The van der Waals surface area contributed by atoms with Crippen LogP contribution in [0.25, 0.3) is 0 Å². The summed E-state index contributed by atoms with van der Waals surface area (Å²) in [7, 11) is 0. The summed E-state index contributed by atoms with van der Waals surface area (Å²) < 4.78 is 38.4. The van der Waals surface area contributed by atoms with Crippen molar-refractivity contribution < 1.29 is 22.9 Å². The number of alkyl halides is 3. The largest absolute Gasteiger partial charge is 0.416 e. The minimum absolute atomic E-state index is 0.0153. The van der Waals surface area contributed by atoms with E-state index in [4.69, 9.17) is 0 Å². The maximum atomic E-state index is 12.8. The van der Waals surface area contributed by atoms with Crippen LogP contribution in [0, 0.1) is 15.5 Å². The molecule has 0 bridgehead atoms. The second kappa shape index (κ2) is 7.13. The molecule has 144 valence electrons. The number of carbonyl (C=O) groups is 1. The summed E-state index contributed by atoms with van der Waals surface area (Å²) in [6, 6.07) is 2.54. The van der Waals surface area contributed by atoms with Gasteiger partial charge in [0.2, 0.25) is 5.91 Å². The highest BCUT2D eigenvalue weighted by Crippen LogP contribution is 2.37. The van der Waals surface area contributed by atoms with Crippen LogP contribution in [0.2, 0.25) is 0 Å². The molecule has 1 amide bonds. The van der Waals surface area contributed by atoms with Gasteiger partial charge < -0.3 is 9.80 Å². The van der Waals surface area contributed by atoms with Crippen LogP contribution in [0.15, 0.2) is 18.2 Å². The van der Waals surface area contributed by atoms with E-state index < -0.39 is 27.8 Å². The number of carbonyl (C=O) groups excluding carboxylic acids is 1. The number of anilines is 1. The summed E-state index contributed by atoms with van der Waals surface area (Å²) in [5.41, 5.74) is -1.97. The highest BCUT2D eigenvalue weighted by molar-refractivity contribution is 5.82. The van der Waals surface area contributed by atoms with Crippen molar-refractivity contribution in [3.63, 3.8) is 0 Å². The maximum absolute atomic E-state index is 12.8. The van der Waals surface area contributed by atoms with Crippen LogP contribution in [-0.2, 0) is 11.0 Å². The Morgan fingerprint density at radius 2 is 1.77 bits per heavy atom. The zero-order valence-corrected chi connectivity index (χ0v) is 15.0. The van der Waals surface area contributed by atoms with Gasteiger partial charge in [0.15, 0.2) is 0 Å². The van der Waals surface area contributed by atoms with Crippen LogP contribution in [0.5, 0.6) is 0 Å². The van der Waals surface area contributed by atoms with E-state index in [-0.39, 0.29) is 11.6 Å². The van der Waals surface area contributed by atoms with Crippen molar-refractivity contribution in [3.05, 3.63) is 33.9 Å². The number of nitro groups is 1.